The number of carbonyl (C=O) groups is 1. The second-order valence-corrected chi connectivity index (χ2v) is 9.36. The van der Waals surface area contributed by atoms with Crippen LogP contribution in [0.2, 0.25) is 0 Å². The quantitative estimate of drug-likeness (QED) is 0.419. The Kier molecular flexibility index (Phi) is 5.97. The van der Waals surface area contributed by atoms with Gasteiger partial charge in [0.1, 0.15) is 6.54 Å². The third-order valence-electron chi connectivity index (χ3n) is 5.24. The molecule has 9 heteroatoms. The van der Waals surface area contributed by atoms with Crippen molar-refractivity contribution in [2.24, 2.45) is 17.3 Å². The zero-order valence-electron chi connectivity index (χ0n) is 18.1. The zero-order chi connectivity index (χ0) is 23.6. The van der Waals surface area contributed by atoms with E-state index in [-0.39, 0.29) is 16.5 Å². The lowest BCUT2D eigenvalue weighted by Crippen LogP contribution is -2.35. The highest BCUT2D eigenvalue weighted by Gasteiger charge is 2.27. The van der Waals surface area contributed by atoms with Crippen LogP contribution in [0.25, 0.3) is 10.9 Å². The Morgan fingerprint density at radius 1 is 0.970 bits per heavy atom. The number of nitrogens with zero attached hydrogens (tertiary/aromatic N) is 4. The predicted octanol–water partition coefficient (Wildman–Crippen LogP) is 4.70. The van der Waals surface area contributed by atoms with Crippen LogP contribution in [-0.4, -0.2) is 30.5 Å². The highest BCUT2D eigenvalue weighted by Crippen LogP contribution is 2.37. The predicted molar refractivity (Wildman–Crippen MR) is 126 cm³/mol. The van der Waals surface area contributed by atoms with Crippen molar-refractivity contribution < 1.29 is 18.3 Å². The van der Waals surface area contributed by atoms with E-state index in [9.17, 15) is 18.3 Å². The Bertz CT molecular complexity index is 1440. The Labute approximate surface area is 191 Å². The maximum Gasteiger partial charge on any atom is 0.285 e. The highest BCUT2D eigenvalue weighted by molar-refractivity contribution is 7.92. The van der Waals surface area contributed by atoms with Crippen LogP contribution in [0.1, 0.15) is 5.56 Å². The van der Waals surface area contributed by atoms with Crippen molar-refractivity contribution in [1.29, 1.82) is 0 Å². The van der Waals surface area contributed by atoms with E-state index < -0.39 is 22.5 Å². The van der Waals surface area contributed by atoms with E-state index >= 15 is 0 Å². The summed E-state index contributed by atoms with van der Waals surface area (Å²) in [6, 6.07) is 21.9. The fraction of sp³-hybridized carbons (Fsp3) is 0.125. The van der Waals surface area contributed by atoms with Gasteiger partial charge in [0.15, 0.2) is 5.69 Å². The van der Waals surface area contributed by atoms with Crippen molar-refractivity contribution in [2.45, 2.75) is 11.8 Å². The number of aryl methyl sites for hydroxylation is 2. The number of aromatic nitrogens is 1. The van der Waals surface area contributed by atoms with E-state index in [1.54, 1.807) is 67.7 Å². The number of para-hydroxylation sites is 1. The van der Waals surface area contributed by atoms with Crippen LogP contribution in [-0.2, 0) is 21.9 Å². The summed E-state index contributed by atoms with van der Waals surface area (Å²) >= 11 is 0. The van der Waals surface area contributed by atoms with Crippen LogP contribution in [0.4, 0.5) is 11.4 Å². The van der Waals surface area contributed by atoms with E-state index in [1.165, 1.54) is 16.7 Å². The Hall–Kier alpha value is -3.98. The number of benzene rings is 3. The molecule has 0 fully saturated rings. The van der Waals surface area contributed by atoms with Crippen LogP contribution in [0.5, 0.6) is 5.88 Å². The molecule has 0 aliphatic rings. The van der Waals surface area contributed by atoms with Crippen molar-refractivity contribution in [1.82, 2.24) is 4.57 Å². The van der Waals surface area contributed by atoms with Crippen LogP contribution in [0.15, 0.2) is 94.0 Å². The minimum absolute atomic E-state index is 0.0574. The van der Waals surface area contributed by atoms with Gasteiger partial charge in [0.25, 0.3) is 15.9 Å². The second-order valence-electron chi connectivity index (χ2n) is 7.50. The highest BCUT2D eigenvalue weighted by atomic mass is 32.2. The van der Waals surface area contributed by atoms with E-state index in [0.29, 0.717) is 11.1 Å². The molecule has 0 unspecified atom stereocenters. The van der Waals surface area contributed by atoms with E-state index in [4.69, 9.17) is 0 Å². The number of aromatic hydroxyl groups is 1. The van der Waals surface area contributed by atoms with E-state index in [0.717, 1.165) is 15.4 Å². The largest absolute Gasteiger partial charge is 0.493 e. The van der Waals surface area contributed by atoms with Gasteiger partial charge < -0.3 is 9.67 Å². The molecule has 168 valence electrons. The van der Waals surface area contributed by atoms with E-state index in [1.807, 2.05) is 13.0 Å². The molecule has 0 bridgehead atoms. The summed E-state index contributed by atoms with van der Waals surface area (Å²) in [5.41, 5.74) is 2.16. The number of anilines is 1. The molecule has 4 rings (SSSR count). The van der Waals surface area contributed by atoms with Crippen molar-refractivity contribution >= 4 is 38.2 Å². The topological polar surface area (TPSA) is 104 Å². The maximum atomic E-state index is 13.3. The Morgan fingerprint density at radius 3 is 2.30 bits per heavy atom. The van der Waals surface area contributed by atoms with Gasteiger partial charge in [0.05, 0.1) is 16.1 Å². The number of azo groups is 1. The first-order chi connectivity index (χ1) is 15.8. The van der Waals surface area contributed by atoms with Gasteiger partial charge in [0, 0.05) is 12.4 Å². The number of fused-ring (bicyclic) bond motifs is 1. The molecule has 0 spiro atoms. The van der Waals surface area contributed by atoms with Crippen molar-refractivity contribution in [3.63, 3.8) is 0 Å². The van der Waals surface area contributed by atoms with Gasteiger partial charge in [-0.15, -0.1) is 10.2 Å². The van der Waals surface area contributed by atoms with Gasteiger partial charge in [-0.1, -0.05) is 54.1 Å². The summed E-state index contributed by atoms with van der Waals surface area (Å²) in [5, 5.41) is 18.7. The first-order valence-electron chi connectivity index (χ1n) is 10.1. The average molecular weight is 463 g/mol. The van der Waals surface area contributed by atoms with Crippen molar-refractivity contribution in [2.75, 3.05) is 10.8 Å². The molecule has 1 N–H and O–H groups in total. The molecular formula is C24H22N4O4S. The molecule has 0 aliphatic carbocycles. The monoisotopic (exact) mass is 462 g/mol. The lowest BCUT2D eigenvalue weighted by atomic mass is 10.2. The first kappa shape index (κ1) is 22.2. The first-order valence-corrected chi connectivity index (χ1v) is 11.6. The van der Waals surface area contributed by atoms with Crippen LogP contribution in [0.3, 0.4) is 0 Å². The molecule has 0 atom stereocenters. The van der Waals surface area contributed by atoms with Gasteiger partial charge in [0.2, 0.25) is 5.88 Å². The molecule has 1 heterocycles. The number of hydrogen-bond acceptors (Lipinski definition) is 5. The Balaban J connectivity index is 1.68. The fourth-order valence-electron chi connectivity index (χ4n) is 3.46. The fourth-order valence-corrected chi connectivity index (χ4v) is 4.90. The summed E-state index contributed by atoms with van der Waals surface area (Å²) in [6.45, 7) is 1.34. The molecule has 0 saturated heterocycles. The summed E-state index contributed by atoms with van der Waals surface area (Å²) in [5.74, 6) is -0.914. The SMILES string of the molecule is Cc1ccc(N(CC(=O)N=Nc2c(O)n(C)c3ccccc23)S(=O)(=O)c2ccccc2)cc1. The van der Waals surface area contributed by atoms with Gasteiger partial charge in [-0.2, -0.15) is 0 Å². The molecule has 3 aromatic carbocycles. The van der Waals surface area contributed by atoms with E-state index in [2.05, 4.69) is 10.2 Å². The lowest BCUT2D eigenvalue weighted by Gasteiger charge is -2.23. The molecule has 0 radical (unpaired) electrons. The average Bonchev–Trinajstić information content (AvgIpc) is 3.07. The molecule has 0 saturated carbocycles. The summed E-state index contributed by atoms with van der Waals surface area (Å²) in [7, 11) is -2.36. The van der Waals surface area contributed by atoms with Crippen LogP contribution < -0.4 is 4.31 Å². The maximum absolute atomic E-state index is 13.3. The van der Waals surface area contributed by atoms with Gasteiger partial charge in [-0.05, 0) is 37.3 Å². The number of amides is 1. The summed E-state index contributed by atoms with van der Waals surface area (Å²) < 4.78 is 29.2. The molecule has 1 aromatic heterocycles. The Morgan fingerprint density at radius 2 is 1.61 bits per heavy atom. The van der Waals surface area contributed by atoms with Gasteiger partial charge in [-0.25, -0.2) is 8.42 Å². The zero-order valence-corrected chi connectivity index (χ0v) is 18.9. The molecular weight excluding hydrogens is 440 g/mol. The normalized spacial score (nSPS) is 11.8. The number of carbonyl (C=O) groups excluding carboxylic acids is 1. The van der Waals surface area contributed by atoms with Crippen molar-refractivity contribution in [3.8, 4) is 5.88 Å². The molecule has 4 aromatic rings. The summed E-state index contributed by atoms with van der Waals surface area (Å²) in [4.78, 5) is 12.8. The van der Waals surface area contributed by atoms with Gasteiger partial charge >= 0.3 is 0 Å². The number of rotatable bonds is 6. The van der Waals surface area contributed by atoms with Crippen molar-refractivity contribution in [3.05, 3.63) is 84.4 Å². The second kappa shape index (κ2) is 8.87. The lowest BCUT2D eigenvalue weighted by molar-refractivity contribution is -0.116. The minimum Gasteiger partial charge on any atom is -0.493 e. The standard InChI is InChI=1S/C24H22N4O4S/c1-17-12-14-18(15-13-17)28(33(31,32)19-8-4-3-5-9-19)16-22(29)25-26-23-20-10-6-7-11-21(20)27(2)24(23)30/h3-15,30H,16H2,1-2H3. The van der Waals surface area contributed by atoms with Crippen LogP contribution >= 0.6 is 0 Å². The molecule has 0 aliphatic heterocycles. The van der Waals surface area contributed by atoms with Gasteiger partial charge in [-0.3, -0.25) is 9.10 Å². The third-order valence-corrected chi connectivity index (χ3v) is 7.03. The summed E-state index contributed by atoms with van der Waals surface area (Å²) in [6.07, 6.45) is 0. The molecule has 33 heavy (non-hydrogen) atoms. The van der Waals surface area contributed by atoms with Crippen LogP contribution in [0, 0.1) is 6.92 Å². The molecule has 1 amide bonds. The molecule has 8 nitrogen and oxygen atoms in total. The number of sulfonamides is 1. The minimum atomic E-state index is -4.03. The smallest absolute Gasteiger partial charge is 0.285 e. The third kappa shape index (κ3) is 4.35. The number of hydrogen-bond donors (Lipinski definition) is 1.